The van der Waals surface area contributed by atoms with Gasteiger partial charge in [0, 0.05) is 29.4 Å². The van der Waals surface area contributed by atoms with Crippen molar-refractivity contribution in [2.75, 3.05) is 26.6 Å². The van der Waals surface area contributed by atoms with Crippen LogP contribution in [-0.2, 0) is 26.4 Å². The number of rotatable bonds is 6. The van der Waals surface area contributed by atoms with Crippen molar-refractivity contribution < 1.29 is 18.8 Å². The Morgan fingerprint density at radius 1 is 1.23 bits per heavy atom. The van der Waals surface area contributed by atoms with E-state index in [1.54, 1.807) is 12.3 Å². The molecule has 1 fully saturated rings. The molecule has 1 N–H and O–H groups in total. The molecule has 4 rings (SSSR count). The largest absolute Gasteiger partial charge is 0.609 e. The summed E-state index contributed by atoms with van der Waals surface area (Å²) in [5.41, 5.74) is 2.37. The summed E-state index contributed by atoms with van der Waals surface area (Å²) in [5, 5.41) is 0.454. The molecule has 0 aliphatic carbocycles. The fourth-order valence-corrected chi connectivity index (χ4v) is 3.70. The summed E-state index contributed by atoms with van der Waals surface area (Å²) in [4.78, 5) is 11.8. The summed E-state index contributed by atoms with van der Waals surface area (Å²) in [6.07, 6.45) is 1.66. The third kappa shape index (κ3) is 4.16. The highest BCUT2D eigenvalue weighted by atomic mass is 32.2. The number of ether oxygens (including phenoxy) is 3. The number of fused-ring (bicyclic) bond motifs is 1. The van der Waals surface area contributed by atoms with Crippen LogP contribution < -0.4 is 4.74 Å². The van der Waals surface area contributed by atoms with Crippen LogP contribution in [-0.4, -0.2) is 46.1 Å². The summed E-state index contributed by atoms with van der Waals surface area (Å²) in [6, 6.07) is 11.2. The summed E-state index contributed by atoms with van der Waals surface area (Å²) >= 11 is -1.31. The Kier molecular flexibility index (Phi) is 5.35. The molecule has 1 aliphatic rings. The number of pyridine rings is 1. The molecule has 0 spiro atoms. The molecule has 2 aromatic heterocycles. The number of hydrogen-bond acceptors (Lipinski definition) is 6. The highest BCUT2D eigenvalue weighted by molar-refractivity contribution is 7.90. The second-order valence-corrected chi connectivity index (χ2v) is 7.43. The number of H-pyrrole nitrogens is 1. The average Bonchev–Trinajstić information content (AvgIpc) is 3.12. The zero-order chi connectivity index (χ0) is 17.8. The van der Waals surface area contributed by atoms with Crippen molar-refractivity contribution in [1.82, 2.24) is 15.0 Å². The number of para-hydroxylation sites is 2. The number of aromatic amines is 1. The van der Waals surface area contributed by atoms with Gasteiger partial charge in [-0.1, -0.05) is 12.1 Å². The zero-order valence-corrected chi connectivity index (χ0v) is 14.9. The number of nitrogens with zero attached hydrogens (tertiary/aromatic N) is 2. The van der Waals surface area contributed by atoms with E-state index in [9.17, 15) is 4.55 Å². The first-order valence-corrected chi connectivity index (χ1v) is 9.66. The minimum absolute atomic E-state index is 0.213. The maximum atomic E-state index is 12.6. The van der Waals surface area contributed by atoms with E-state index < -0.39 is 11.2 Å². The van der Waals surface area contributed by atoms with E-state index in [4.69, 9.17) is 14.2 Å². The minimum atomic E-state index is -1.31. The Morgan fingerprint density at radius 3 is 2.92 bits per heavy atom. The molecule has 7 nitrogen and oxygen atoms in total. The van der Waals surface area contributed by atoms with Gasteiger partial charge < -0.3 is 18.8 Å². The topological polar surface area (TPSA) is 92.3 Å². The molecule has 1 atom stereocenters. The highest BCUT2D eigenvalue weighted by Gasteiger charge is 2.19. The SMILES string of the molecule is [O-][S+](Cc1cc(OCC2COCOC2)ccn1)c1nc2ccccc2[nH]1. The van der Waals surface area contributed by atoms with E-state index in [0.717, 1.165) is 11.0 Å². The van der Waals surface area contributed by atoms with E-state index in [-0.39, 0.29) is 11.7 Å². The van der Waals surface area contributed by atoms with Crippen molar-refractivity contribution in [2.45, 2.75) is 10.9 Å². The summed E-state index contributed by atoms with van der Waals surface area (Å²) in [6.45, 7) is 2.13. The van der Waals surface area contributed by atoms with Crippen LogP contribution in [0.3, 0.4) is 0 Å². The van der Waals surface area contributed by atoms with Crippen molar-refractivity contribution in [3.05, 3.63) is 48.3 Å². The van der Waals surface area contributed by atoms with Crippen molar-refractivity contribution in [1.29, 1.82) is 0 Å². The highest BCUT2D eigenvalue weighted by Crippen LogP contribution is 2.20. The summed E-state index contributed by atoms with van der Waals surface area (Å²) in [5.74, 6) is 1.18. The molecule has 0 saturated carbocycles. The molecule has 1 saturated heterocycles. The van der Waals surface area contributed by atoms with Crippen LogP contribution in [0.4, 0.5) is 0 Å². The molecule has 0 radical (unpaired) electrons. The molecule has 0 amide bonds. The molecule has 8 heteroatoms. The Bertz CT molecular complexity index is 833. The average molecular weight is 373 g/mol. The van der Waals surface area contributed by atoms with E-state index in [0.29, 0.717) is 43.2 Å². The van der Waals surface area contributed by atoms with Crippen LogP contribution in [0.2, 0.25) is 0 Å². The van der Waals surface area contributed by atoms with Gasteiger partial charge in [0.2, 0.25) is 0 Å². The Morgan fingerprint density at radius 2 is 2.08 bits per heavy atom. The van der Waals surface area contributed by atoms with Gasteiger partial charge in [-0.15, -0.1) is 0 Å². The van der Waals surface area contributed by atoms with Gasteiger partial charge >= 0.3 is 5.16 Å². The molecular weight excluding hydrogens is 354 g/mol. The van der Waals surface area contributed by atoms with Crippen molar-refractivity contribution in [2.24, 2.45) is 5.92 Å². The van der Waals surface area contributed by atoms with Crippen LogP contribution in [0.15, 0.2) is 47.8 Å². The lowest BCUT2D eigenvalue weighted by atomic mass is 10.2. The Labute approximate surface area is 153 Å². The van der Waals surface area contributed by atoms with Crippen molar-refractivity contribution in [3.63, 3.8) is 0 Å². The van der Waals surface area contributed by atoms with Gasteiger partial charge in [0.25, 0.3) is 0 Å². The third-order valence-corrected chi connectivity index (χ3v) is 5.19. The molecule has 3 heterocycles. The second kappa shape index (κ2) is 8.05. The van der Waals surface area contributed by atoms with Gasteiger partial charge in [0.1, 0.15) is 12.5 Å². The summed E-state index contributed by atoms with van der Waals surface area (Å²) < 4.78 is 28.9. The maximum absolute atomic E-state index is 12.6. The van der Waals surface area contributed by atoms with Gasteiger partial charge in [-0.25, -0.2) is 0 Å². The van der Waals surface area contributed by atoms with E-state index in [1.165, 1.54) is 0 Å². The lowest BCUT2D eigenvalue weighted by Gasteiger charge is -2.22. The monoisotopic (exact) mass is 373 g/mol. The van der Waals surface area contributed by atoms with E-state index in [2.05, 4.69) is 15.0 Å². The molecule has 1 aliphatic heterocycles. The van der Waals surface area contributed by atoms with Gasteiger partial charge in [-0.2, -0.15) is 4.98 Å². The zero-order valence-electron chi connectivity index (χ0n) is 14.1. The van der Waals surface area contributed by atoms with E-state index >= 15 is 0 Å². The number of nitrogens with one attached hydrogen (secondary N) is 1. The van der Waals surface area contributed by atoms with Gasteiger partial charge in [0.15, 0.2) is 5.75 Å². The first kappa shape index (κ1) is 17.3. The first-order valence-electron chi connectivity index (χ1n) is 8.34. The first-order chi connectivity index (χ1) is 12.8. The Balaban J connectivity index is 1.39. The molecule has 26 heavy (non-hydrogen) atoms. The standard InChI is InChI=1S/C18H19N3O4S/c22-26(18-20-16-3-1-2-4-17(16)21-18)11-14-7-15(5-6-19-14)25-10-13-8-23-12-24-9-13/h1-7,13H,8-12H2,(H,20,21). The van der Waals surface area contributed by atoms with Crippen LogP contribution in [0.25, 0.3) is 11.0 Å². The van der Waals surface area contributed by atoms with Gasteiger partial charge in [-0.3, -0.25) is 9.97 Å². The van der Waals surface area contributed by atoms with Crippen LogP contribution in [0, 0.1) is 5.92 Å². The predicted molar refractivity (Wildman–Crippen MR) is 96.2 cm³/mol. The normalized spacial score (nSPS) is 16.7. The van der Waals surface area contributed by atoms with Crippen LogP contribution >= 0.6 is 0 Å². The van der Waals surface area contributed by atoms with Gasteiger partial charge in [-0.05, 0) is 18.2 Å². The van der Waals surface area contributed by atoms with Crippen molar-refractivity contribution >= 4 is 22.2 Å². The molecule has 1 aromatic carbocycles. The Hall–Kier alpha value is -2.13. The predicted octanol–water partition coefficient (Wildman–Crippen LogP) is 2.26. The second-order valence-electron chi connectivity index (χ2n) is 6.07. The number of hydrogen-bond donors (Lipinski definition) is 1. The lowest BCUT2D eigenvalue weighted by molar-refractivity contribution is -0.131. The lowest BCUT2D eigenvalue weighted by Crippen LogP contribution is -2.28. The molecular formula is C18H19N3O4S. The fourth-order valence-electron chi connectivity index (χ4n) is 2.71. The third-order valence-electron chi connectivity index (χ3n) is 4.01. The van der Waals surface area contributed by atoms with Crippen LogP contribution in [0.5, 0.6) is 5.75 Å². The fraction of sp³-hybridized carbons (Fsp3) is 0.333. The molecule has 136 valence electrons. The minimum Gasteiger partial charge on any atom is -0.609 e. The van der Waals surface area contributed by atoms with Crippen LogP contribution in [0.1, 0.15) is 5.69 Å². The number of aromatic nitrogens is 3. The maximum Gasteiger partial charge on any atom is 0.322 e. The van der Waals surface area contributed by atoms with E-state index in [1.807, 2.05) is 30.3 Å². The van der Waals surface area contributed by atoms with Gasteiger partial charge in [0.05, 0.1) is 36.5 Å². The summed E-state index contributed by atoms with van der Waals surface area (Å²) in [7, 11) is 0. The number of imidazole rings is 1. The number of benzene rings is 1. The molecule has 0 bridgehead atoms. The smallest absolute Gasteiger partial charge is 0.322 e. The molecule has 1 unspecified atom stereocenters. The van der Waals surface area contributed by atoms with Crippen molar-refractivity contribution in [3.8, 4) is 5.75 Å². The quantitative estimate of drug-likeness (QED) is 0.667. The molecule has 3 aromatic rings.